The Morgan fingerprint density at radius 2 is 1.64 bits per heavy atom. The van der Waals surface area contributed by atoms with Gasteiger partial charge in [0.2, 0.25) is 5.88 Å². The van der Waals surface area contributed by atoms with E-state index in [1.807, 2.05) is 6.20 Å². The Bertz CT molecular complexity index is 592. The summed E-state index contributed by atoms with van der Waals surface area (Å²) in [7, 11) is 0. The normalized spacial score (nSPS) is 15.5. The van der Waals surface area contributed by atoms with Gasteiger partial charge in [0.05, 0.1) is 12.1 Å². The zero-order chi connectivity index (χ0) is 14.7. The SMILES string of the molecule is Cl.Oc1ccc(-c2cn(CCN3CCCCC3)nc2O)cc1. The third-order valence-electron chi connectivity index (χ3n) is 4.01. The summed E-state index contributed by atoms with van der Waals surface area (Å²) in [6.45, 7) is 4.08. The summed E-state index contributed by atoms with van der Waals surface area (Å²) in [5, 5.41) is 23.5. The number of rotatable bonds is 4. The van der Waals surface area contributed by atoms with Crippen molar-refractivity contribution in [2.24, 2.45) is 0 Å². The summed E-state index contributed by atoms with van der Waals surface area (Å²) in [5.74, 6) is 0.259. The molecule has 0 amide bonds. The molecular formula is C16H22ClN3O2. The fourth-order valence-corrected chi connectivity index (χ4v) is 2.80. The van der Waals surface area contributed by atoms with Gasteiger partial charge in [-0.1, -0.05) is 18.6 Å². The summed E-state index contributed by atoms with van der Waals surface area (Å²) >= 11 is 0. The number of benzene rings is 1. The van der Waals surface area contributed by atoms with Crippen LogP contribution in [0, 0.1) is 0 Å². The van der Waals surface area contributed by atoms with Gasteiger partial charge < -0.3 is 15.1 Å². The minimum atomic E-state index is 0. The molecule has 1 saturated heterocycles. The summed E-state index contributed by atoms with van der Waals surface area (Å²) < 4.78 is 1.80. The highest BCUT2D eigenvalue weighted by Crippen LogP contribution is 2.28. The first kappa shape index (κ1) is 16.6. The molecule has 1 aromatic heterocycles. The average molecular weight is 324 g/mol. The third kappa shape index (κ3) is 3.93. The van der Waals surface area contributed by atoms with E-state index in [1.165, 1.54) is 19.3 Å². The highest BCUT2D eigenvalue weighted by Gasteiger charge is 2.13. The predicted octanol–water partition coefficient (Wildman–Crippen LogP) is 2.87. The van der Waals surface area contributed by atoms with Crippen LogP contribution in [0.25, 0.3) is 11.1 Å². The summed E-state index contributed by atoms with van der Waals surface area (Å²) in [5.41, 5.74) is 1.56. The second kappa shape index (κ2) is 7.51. The molecule has 2 N–H and O–H groups in total. The lowest BCUT2D eigenvalue weighted by molar-refractivity contribution is 0.217. The number of piperidine rings is 1. The topological polar surface area (TPSA) is 61.5 Å². The highest BCUT2D eigenvalue weighted by atomic mass is 35.5. The Balaban J connectivity index is 0.00000176. The highest BCUT2D eigenvalue weighted by molar-refractivity contribution is 5.85. The number of hydrogen-bond acceptors (Lipinski definition) is 4. The van der Waals surface area contributed by atoms with Crippen molar-refractivity contribution in [2.45, 2.75) is 25.8 Å². The first-order valence-electron chi connectivity index (χ1n) is 7.50. The monoisotopic (exact) mass is 323 g/mol. The van der Waals surface area contributed by atoms with Crippen LogP contribution in [0.3, 0.4) is 0 Å². The molecule has 1 aliphatic heterocycles. The Morgan fingerprint density at radius 3 is 2.32 bits per heavy atom. The molecule has 3 rings (SSSR count). The van der Waals surface area contributed by atoms with Crippen LogP contribution in [0.1, 0.15) is 19.3 Å². The van der Waals surface area contributed by atoms with Crippen molar-refractivity contribution < 1.29 is 10.2 Å². The Hall–Kier alpha value is -1.72. The van der Waals surface area contributed by atoms with Crippen molar-refractivity contribution in [1.29, 1.82) is 0 Å². The molecule has 1 aromatic carbocycles. The van der Waals surface area contributed by atoms with Crippen LogP contribution in [0.15, 0.2) is 30.5 Å². The molecule has 22 heavy (non-hydrogen) atoms. The zero-order valence-electron chi connectivity index (χ0n) is 12.5. The third-order valence-corrected chi connectivity index (χ3v) is 4.01. The van der Waals surface area contributed by atoms with E-state index in [0.29, 0.717) is 5.56 Å². The van der Waals surface area contributed by atoms with Crippen LogP contribution < -0.4 is 0 Å². The van der Waals surface area contributed by atoms with E-state index in [-0.39, 0.29) is 24.0 Å². The van der Waals surface area contributed by atoms with Crippen LogP contribution in [0.5, 0.6) is 11.6 Å². The minimum Gasteiger partial charge on any atom is -0.508 e. The van der Waals surface area contributed by atoms with Gasteiger partial charge in [0, 0.05) is 12.7 Å². The lowest BCUT2D eigenvalue weighted by atomic mass is 10.1. The molecule has 0 aliphatic carbocycles. The van der Waals surface area contributed by atoms with Crippen LogP contribution in [0.2, 0.25) is 0 Å². The van der Waals surface area contributed by atoms with Crippen molar-refractivity contribution in [3.63, 3.8) is 0 Å². The van der Waals surface area contributed by atoms with Gasteiger partial charge in [-0.15, -0.1) is 17.5 Å². The number of phenolic OH excluding ortho intramolecular Hbond substituents is 1. The fourth-order valence-electron chi connectivity index (χ4n) is 2.80. The molecule has 0 saturated carbocycles. The number of halogens is 1. The van der Waals surface area contributed by atoms with Crippen molar-refractivity contribution in [3.8, 4) is 22.8 Å². The molecule has 0 bridgehead atoms. The van der Waals surface area contributed by atoms with E-state index in [0.717, 1.165) is 31.7 Å². The molecule has 0 unspecified atom stereocenters. The number of hydrogen-bond donors (Lipinski definition) is 2. The summed E-state index contributed by atoms with van der Waals surface area (Å²) in [4.78, 5) is 2.45. The van der Waals surface area contributed by atoms with Gasteiger partial charge >= 0.3 is 0 Å². The fraction of sp³-hybridized carbons (Fsp3) is 0.438. The van der Waals surface area contributed by atoms with Gasteiger partial charge in [-0.25, -0.2) is 0 Å². The quantitative estimate of drug-likeness (QED) is 0.908. The maximum absolute atomic E-state index is 9.98. The first-order chi connectivity index (χ1) is 10.2. The first-order valence-corrected chi connectivity index (χ1v) is 7.50. The maximum atomic E-state index is 9.98. The average Bonchev–Trinajstić information content (AvgIpc) is 2.88. The number of phenols is 1. The smallest absolute Gasteiger partial charge is 0.238 e. The van der Waals surface area contributed by atoms with Crippen LogP contribution in [-0.2, 0) is 6.54 Å². The van der Waals surface area contributed by atoms with E-state index in [2.05, 4.69) is 10.00 Å². The lowest BCUT2D eigenvalue weighted by Gasteiger charge is -2.26. The van der Waals surface area contributed by atoms with Gasteiger partial charge in [-0.05, 0) is 43.6 Å². The number of aromatic nitrogens is 2. The van der Waals surface area contributed by atoms with Gasteiger partial charge in [0.1, 0.15) is 5.75 Å². The second-order valence-corrected chi connectivity index (χ2v) is 5.58. The Labute approximate surface area is 136 Å². The molecule has 2 heterocycles. The largest absolute Gasteiger partial charge is 0.508 e. The van der Waals surface area contributed by atoms with E-state index in [9.17, 15) is 10.2 Å². The van der Waals surface area contributed by atoms with E-state index < -0.39 is 0 Å². The van der Waals surface area contributed by atoms with Crippen molar-refractivity contribution in [2.75, 3.05) is 19.6 Å². The molecule has 5 nitrogen and oxygen atoms in total. The zero-order valence-corrected chi connectivity index (χ0v) is 13.3. The van der Waals surface area contributed by atoms with Crippen molar-refractivity contribution in [1.82, 2.24) is 14.7 Å². The van der Waals surface area contributed by atoms with Gasteiger partial charge in [-0.2, -0.15) is 0 Å². The van der Waals surface area contributed by atoms with Crippen LogP contribution >= 0.6 is 12.4 Å². The molecule has 2 aromatic rings. The number of nitrogens with zero attached hydrogens (tertiary/aromatic N) is 3. The predicted molar refractivity (Wildman–Crippen MR) is 88.5 cm³/mol. The lowest BCUT2D eigenvalue weighted by Crippen LogP contribution is -2.32. The standard InChI is InChI=1S/C16H21N3O2.ClH/c20-14-6-4-13(5-7-14)15-12-19(17-16(15)21)11-10-18-8-2-1-3-9-18;/h4-7,12,20H,1-3,8-11H2,(H,17,21);1H. The molecular weight excluding hydrogens is 302 g/mol. The molecule has 0 atom stereocenters. The molecule has 0 radical (unpaired) electrons. The van der Waals surface area contributed by atoms with Gasteiger partial charge in [0.15, 0.2) is 0 Å². The molecule has 0 spiro atoms. The van der Waals surface area contributed by atoms with E-state index in [1.54, 1.807) is 28.9 Å². The Morgan fingerprint density at radius 1 is 0.955 bits per heavy atom. The number of aromatic hydroxyl groups is 2. The van der Waals surface area contributed by atoms with Gasteiger partial charge in [0.25, 0.3) is 0 Å². The minimum absolute atomic E-state index is 0. The number of likely N-dealkylation sites (tertiary alicyclic amines) is 1. The molecule has 6 heteroatoms. The molecule has 1 fully saturated rings. The maximum Gasteiger partial charge on any atom is 0.238 e. The van der Waals surface area contributed by atoms with Crippen molar-refractivity contribution in [3.05, 3.63) is 30.5 Å². The Kier molecular flexibility index (Phi) is 5.69. The second-order valence-electron chi connectivity index (χ2n) is 5.58. The summed E-state index contributed by atoms with van der Waals surface area (Å²) in [6, 6.07) is 6.78. The van der Waals surface area contributed by atoms with Crippen LogP contribution in [-0.4, -0.2) is 44.5 Å². The van der Waals surface area contributed by atoms with E-state index >= 15 is 0 Å². The molecule has 120 valence electrons. The summed E-state index contributed by atoms with van der Waals surface area (Å²) in [6.07, 6.45) is 5.77. The van der Waals surface area contributed by atoms with Crippen molar-refractivity contribution >= 4 is 12.4 Å². The van der Waals surface area contributed by atoms with Crippen LogP contribution in [0.4, 0.5) is 0 Å². The van der Waals surface area contributed by atoms with E-state index in [4.69, 9.17) is 0 Å². The molecule has 1 aliphatic rings. The van der Waals surface area contributed by atoms with Gasteiger partial charge in [-0.3, -0.25) is 4.68 Å².